The van der Waals surface area contributed by atoms with E-state index in [1.807, 2.05) is 12.1 Å². The lowest BCUT2D eigenvalue weighted by molar-refractivity contribution is 0.391. The number of benzene rings is 1. The second kappa shape index (κ2) is 4.38. The lowest BCUT2D eigenvalue weighted by Crippen LogP contribution is -2.22. The van der Waals surface area contributed by atoms with Gasteiger partial charge in [0.05, 0.1) is 12.3 Å². The summed E-state index contributed by atoms with van der Waals surface area (Å²) in [4.78, 5) is 0. The highest BCUT2D eigenvalue weighted by Gasteiger charge is 2.23. The minimum Gasteiger partial charge on any atom is -0.468 e. The fraction of sp³-hybridized carbons (Fsp3) is 0.333. The molecular formula is C15H17NO. The van der Waals surface area contributed by atoms with E-state index in [9.17, 15) is 0 Å². The van der Waals surface area contributed by atoms with Gasteiger partial charge >= 0.3 is 0 Å². The van der Waals surface area contributed by atoms with E-state index in [1.54, 1.807) is 6.26 Å². The third-order valence-corrected chi connectivity index (χ3v) is 3.55. The molecule has 0 aliphatic heterocycles. The average molecular weight is 227 g/mol. The van der Waals surface area contributed by atoms with Crippen molar-refractivity contribution in [1.29, 1.82) is 0 Å². The summed E-state index contributed by atoms with van der Waals surface area (Å²) >= 11 is 0. The van der Waals surface area contributed by atoms with Crippen LogP contribution in [0.2, 0.25) is 0 Å². The van der Waals surface area contributed by atoms with E-state index in [1.165, 1.54) is 24.0 Å². The Morgan fingerprint density at radius 2 is 2.12 bits per heavy atom. The van der Waals surface area contributed by atoms with Gasteiger partial charge < -0.3 is 9.73 Å². The van der Waals surface area contributed by atoms with Crippen LogP contribution >= 0.6 is 0 Å². The molecule has 1 aliphatic carbocycles. The Bertz CT molecular complexity index is 489. The zero-order valence-electron chi connectivity index (χ0n) is 10.0. The second-order valence-electron chi connectivity index (χ2n) is 4.69. The molecule has 88 valence electrons. The highest BCUT2D eigenvalue weighted by atomic mass is 16.3. The largest absolute Gasteiger partial charge is 0.468 e. The minimum atomic E-state index is 0.265. The van der Waals surface area contributed by atoms with Gasteiger partial charge in [-0.2, -0.15) is 0 Å². The van der Waals surface area contributed by atoms with Crippen LogP contribution < -0.4 is 5.32 Å². The molecule has 0 saturated carbocycles. The molecule has 0 spiro atoms. The van der Waals surface area contributed by atoms with Crippen LogP contribution in [0.1, 0.15) is 42.3 Å². The maximum Gasteiger partial charge on any atom is 0.120 e. The Kier molecular flexibility index (Phi) is 2.73. The van der Waals surface area contributed by atoms with Gasteiger partial charge in [0, 0.05) is 6.04 Å². The van der Waals surface area contributed by atoms with Crippen molar-refractivity contribution in [3.8, 4) is 0 Å². The molecule has 2 aromatic rings. The quantitative estimate of drug-likeness (QED) is 0.866. The van der Waals surface area contributed by atoms with Gasteiger partial charge in [-0.3, -0.25) is 0 Å². The summed E-state index contributed by atoms with van der Waals surface area (Å²) < 4.78 is 5.43. The fourth-order valence-corrected chi connectivity index (χ4v) is 2.65. The normalized spacial score (nSPS) is 20.2. The summed E-state index contributed by atoms with van der Waals surface area (Å²) in [6.45, 7) is 2.15. The Hall–Kier alpha value is -1.54. The zero-order valence-corrected chi connectivity index (χ0v) is 10.0. The molecule has 0 radical (unpaired) electrons. The van der Waals surface area contributed by atoms with E-state index in [-0.39, 0.29) is 6.04 Å². The van der Waals surface area contributed by atoms with E-state index in [0.717, 1.165) is 5.76 Å². The summed E-state index contributed by atoms with van der Waals surface area (Å²) in [7, 11) is 0. The van der Waals surface area contributed by atoms with Gasteiger partial charge in [0.1, 0.15) is 5.76 Å². The number of hydrogen-bond acceptors (Lipinski definition) is 2. The van der Waals surface area contributed by atoms with Gasteiger partial charge in [-0.25, -0.2) is 0 Å². The Morgan fingerprint density at radius 3 is 2.94 bits per heavy atom. The van der Waals surface area contributed by atoms with Crippen molar-refractivity contribution in [2.75, 3.05) is 0 Å². The first-order valence-electron chi connectivity index (χ1n) is 6.22. The molecular weight excluding hydrogens is 210 g/mol. The molecule has 17 heavy (non-hydrogen) atoms. The van der Waals surface area contributed by atoms with Gasteiger partial charge in [0.15, 0.2) is 0 Å². The lowest BCUT2D eigenvalue weighted by atomic mass is 10.1. The highest BCUT2D eigenvalue weighted by Crippen LogP contribution is 2.32. The molecule has 0 bridgehead atoms. The highest BCUT2D eigenvalue weighted by molar-refractivity contribution is 5.34. The predicted molar refractivity (Wildman–Crippen MR) is 67.8 cm³/mol. The molecule has 3 rings (SSSR count). The van der Waals surface area contributed by atoms with Crippen LogP contribution in [-0.2, 0) is 6.42 Å². The number of furan rings is 1. The fourth-order valence-electron chi connectivity index (χ4n) is 2.65. The molecule has 2 heteroatoms. The molecule has 1 aliphatic rings. The van der Waals surface area contributed by atoms with E-state index in [0.29, 0.717) is 6.04 Å². The lowest BCUT2D eigenvalue weighted by Gasteiger charge is -2.18. The summed E-state index contributed by atoms with van der Waals surface area (Å²) in [5, 5.41) is 3.64. The molecule has 2 unspecified atom stereocenters. The third-order valence-electron chi connectivity index (χ3n) is 3.55. The van der Waals surface area contributed by atoms with Gasteiger partial charge in [-0.05, 0) is 43.0 Å². The smallest absolute Gasteiger partial charge is 0.120 e. The maximum atomic E-state index is 5.43. The van der Waals surface area contributed by atoms with Crippen LogP contribution in [0.4, 0.5) is 0 Å². The van der Waals surface area contributed by atoms with E-state index in [2.05, 4.69) is 36.5 Å². The second-order valence-corrected chi connectivity index (χ2v) is 4.69. The number of nitrogens with one attached hydrogen (secondary N) is 1. The van der Waals surface area contributed by atoms with Crippen molar-refractivity contribution in [1.82, 2.24) is 5.32 Å². The first kappa shape index (κ1) is 10.6. The summed E-state index contributed by atoms with van der Waals surface area (Å²) in [6, 6.07) is 13.4. The zero-order chi connectivity index (χ0) is 11.7. The molecule has 1 heterocycles. The molecule has 2 atom stereocenters. The van der Waals surface area contributed by atoms with E-state index >= 15 is 0 Å². The molecule has 1 N–H and O–H groups in total. The van der Waals surface area contributed by atoms with Crippen molar-refractivity contribution in [2.45, 2.75) is 31.8 Å². The summed E-state index contributed by atoms with van der Waals surface area (Å²) in [6.07, 6.45) is 4.10. The Labute approximate surface area is 102 Å². The number of rotatable bonds is 3. The number of fused-ring (bicyclic) bond motifs is 1. The molecule has 1 aromatic carbocycles. The van der Waals surface area contributed by atoms with Crippen molar-refractivity contribution < 1.29 is 4.42 Å². The Balaban J connectivity index is 1.75. The van der Waals surface area contributed by atoms with Crippen LogP contribution in [0, 0.1) is 0 Å². The molecule has 0 fully saturated rings. The topological polar surface area (TPSA) is 25.2 Å². The van der Waals surface area contributed by atoms with Crippen LogP contribution in [0.5, 0.6) is 0 Å². The van der Waals surface area contributed by atoms with Crippen molar-refractivity contribution in [3.63, 3.8) is 0 Å². The Morgan fingerprint density at radius 1 is 1.24 bits per heavy atom. The van der Waals surface area contributed by atoms with Gasteiger partial charge in [0.25, 0.3) is 0 Å². The van der Waals surface area contributed by atoms with Crippen molar-refractivity contribution >= 4 is 0 Å². The molecule has 1 aromatic heterocycles. The molecule has 2 nitrogen and oxygen atoms in total. The maximum absolute atomic E-state index is 5.43. The monoisotopic (exact) mass is 227 g/mol. The SMILES string of the molecule is CC(NC1CCc2ccccc21)c1ccco1. The van der Waals surface area contributed by atoms with Gasteiger partial charge in [0.2, 0.25) is 0 Å². The standard InChI is InChI=1S/C15H17NO/c1-11(15-7-4-10-17-15)16-14-9-8-12-5-2-3-6-13(12)14/h2-7,10-11,14,16H,8-9H2,1H3. The summed E-state index contributed by atoms with van der Waals surface area (Å²) in [5.41, 5.74) is 2.93. The van der Waals surface area contributed by atoms with Crippen LogP contribution in [-0.4, -0.2) is 0 Å². The van der Waals surface area contributed by atoms with E-state index < -0.39 is 0 Å². The molecule has 0 amide bonds. The number of aryl methyl sites for hydroxylation is 1. The molecule has 0 saturated heterocycles. The van der Waals surface area contributed by atoms with E-state index in [4.69, 9.17) is 4.42 Å². The van der Waals surface area contributed by atoms with Gasteiger partial charge in [-0.15, -0.1) is 0 Å². The van der Waals surface area contributed by atoms with Crippen molar-refractivity contribution in [3.05, 3.63) is 59.5 Å². The predicted octanol–water partition coefficient (Wildman–Crippen LogP) is 3.62. The summed E-state index contributed by atoms with van der Waals surface area (Å²) in [5.74, 6) is 1.01. The van der Waals surface area contributed by atoms with Crippen LogP contribution in [0.15, 0.2) is 47.1 Å². The third kappa shape index (κ3) is 2.01. The first-order valence-corrected chi connectivity index (χ1v) is 6.22. The number of hydrogen-bond donors (Lipinski definition) is 1. The van der Waals surface area contributed by atoms with Crippen LogP contribution in [0.3, 0.4) is 0 Å². The van der Waals surface area contributed by atoms with Crippen LogP contribution in [0.25, 0.3) is 0 Å². The minimum absolute atomic E-state index is 0.265. The van der Waals surface area contributed by atoms with Crippen molar-refractivity contribution in [2.24, 2.45) is 0 Å². The average Bonchev–Trinajstić information content (AvgIpc) is 2.98. The first-order chi connectivity index (χ1) is 8.34. The van der Waals surface area contributed by atoms with Gasteiger partial charge in [-0.1, -0.05) is 24.3 Å².